The second-order valence-electron chi connectivity index (χ2n) is 8.24. The Hall–Kier alpha value is -3.72. The smallest absolute Gasteiger partial charge is 0.331 e. The molecule has 1 aliphatic rings. The zero-order valence-electron chi connectivity index (χ0n) is 18.3. The number of carbonyl (C=O) groups excluding carboxylic acids is 1. The van der Waals surface area contributed by atoms with E-state index in [-0.39, 0.29) is 12.1 Å². The Labute approximate surface area is 185 Å². The van der Waals surface area contributed by atoms with Gasteiger partial charge in [0.1, 0.15) is 12.1 Å². The van der Waals surface area contributed by atoms with Crippen molar-refractivity contribution in [1.82, 2.24) is 25.0 Å². The first-order valence-electron chi connectivity index (χ1n) is 10.7. The van der Waals surface area contributed by atoms with Gasteiger partial charge in [0.05, 0.1) is 17.3 Å². The molecule has 32 heavy (non-hydrogen) atoms. The third-order valence-electron chi connectivity index (χ3n) is 5.67. The predicted molar refractivity (Wildman–Crippen MR) is 120 cm³/mol. The van der Waals surface area contributed by atoms with Crippen molar-refractivity contribution in [2.24, 2.45) is 0 Å². The normalized spacial score (nSPS) is 13.4. The van der Waals surface area contributed by atoms with Crippen LogP contribution in [0.3, 0.4) is 0 Å². The van der Waals surface area contributed by atoms with Crippen LogP contribution in [-0.4, -0.2) is 32.2 Å². The van der Waals surface area contributed by atoms with E-state index in [1.165, 1.54) is 6.33 Å². The van der Waals surface area contributed by atoms with Crippen LogP contribution in [-0.2, 0) is 13.0 Å². The number of aromatic amines is 1. The Morgan fingerprint density at radius 3 is 2.94 bits per heavy atom. The van der Waals surface area contributed by atoms with Crippen molar-refractivity contribution in [2.75, 3.05) is 11.9 Å². The molecule has 1 amide bonds. The van der Waals surface area contributed by atoms with Gasteiger partial charge in [0.2, 0.25) is 11.6 Å². The highest BCUT2D eigenvalue weighted by Gasteiger charge is 2.19. The predicted octanol–water partition coefficient (Wildman–Crippen LogP) is 3.45. The topological polar surface area (TPSA) is 101 Å². The van der Waals surface area contributed by atoms with Crippen LogP contribution in [0.15, 0.2) is 42.9 Å². The first-order valence-corrected chi connectivity index (χ1v) is 10.7. The van der Waals surface area contributed by atoms with Gasteiger partial charge in [-0.05, 0) is 51.1 Å². The number of amides is 1. The lowest BCUT2D eigenvalue weighted by Gasteiger charge is -2.18. The summed E-state index contributed by atoms with van der Waals surface area (Å²) < 4.78 is 9.69. The van der Waals surface area contributed by atoms with Gasteiger partial charge in [-0.15, -0.1) is 9.78 Å². The van der Waals surface area contributed by atoms with Crippen LogP contribution < -0.4 is 20.1 Å². The van der Waals surface area contributed by atoms with E-state index in [2.05, 4.69) is 39.5 Å². The summed E-state index contributed by atoms with van der Waals surface area (Å²) in [4.78, 5) is 21.6. The average Bonchev–Trinajstić information content (AvgIpc) is 3.37. The molecule has 4 heterocycles. The molecule has 0 fully saturated rings. The quantitative estimate of drug-likeness (QED) is 0.429. The molecule has 1 aliphatic heterocycles. The van der Waals surface area contributed by atoms with Gasteiger partial charge in [-0.25, -0.2) is 14.8 Å². The maximum Gasteiger partial charge on any atom is 0.331 e. The van der Waals surface area contributed by atoms with Gasteiger partial charge in [0, 0.05) is 30.6 Å². The molecule has 0 bridgehead atoms. The number of ether oxygens (including phenoxy) is 1. The Balaban J connectivity index is 1.37. The SMILES string of the molecule is Cc1cc(NC(=O)n2ccc3cc(Oc4ncnc5c4CCNC5)ccc32)[nH][n+]1C(C)C. The van der Waals surface area contributed by atoms with E-state index in [1.54, 1.807) is 10.8 Å². The summed E-state index contributed by atoms with van der Waals surface area (Å²) in [6.45, 7) is 7.78. The van der Waals surface area contributed by atoms with Crippen LogP contribution in [0, 0.1) is 6.92 Å². The van der Waals surface area contributed by atoms with Crippen molar-refractivity contribution >= 4 is 22.8 Å². The number of nitrogens with zero attached hydrogens (tertiary/aromatic N) is 4. The van der Waals surface area contributed by atoms with Gasteiger partial charge in [0.25, 0.3) is 0 Å². The third-order valence-corrected chi connectivity index (χ3v) is 5.67. The fourth-order valence-electron chi connectivity index (χ4n) is 4.12. The molecule has 0 unspecified atom stereocenters. The first kappa shape index (κ1) is 20.2. The zero-order chi connectivity index (χ0) is 22.2. The van der Waals surface area contributed by atoms with Crippen molar-refractivity contribution in [2.45, 2.75) is 39.8 Å². The maximum absolute atomic E-state index is 12.9. The van der Waals surface area contributed by atoms with E-state index in [4.69, 9.17) is 4.74 Å². The number of rotatable bonds is 4. The van der Waals surface area contributed by atoms with Gasteiger partial charge >= 0.3 is 6.03 Å². The Morgan fingerprint density at radius 1 is 1.25 bits per heavy atom. The number of H-pyrrole nitrogens is 1. The molecule has 0 saturated heterocycles. The summed E-state index contributed by atoms with van der Waals surface area (Å²) in [6, 6.07) is 9.52. The van der Waals surface area contributed by atoms with E-state index < -0.39 is 0 Å². The van der Waals surface area contributed by atoms with Gasteiger partial charge < -0.3 is 10.1 Å². The standard InChI is InChI=1S/C23H25N7O2/c1-14(2)30-15(3)10-21(28-30)27-23(31)29-9-7-16-11-17(4-5-20(16)29)32-22-18-6-8-24-12-19(18)25-13-26-22/h4-5,7,9-11,13-14,24H,6,8,12H2,1-3H3,(H,27,28,31)/p+1. The molecule has 0 radical (unpaired) electrons. The number of aryl methyl sites for hydroxylation is 1. The van der Waals surface area contributed by atoms with Crippen molar-refractivity contribution in [3.8, 4) is 11.6 Å². The minimum atomic E-state index is -0.233. The van der Waals surface area contributed by atoms with Gasteiger partial charge in [0.15, 0.2) is 11.9 Å². The summed E-state index contributed by atoms with van der Waals surface area (Å²) in [5, 5.41) is 10.4. The molecule has 5 rings (SSSR count). The highest BCUT2D eigenvalue weighted by atomic mass is 16.5. The number of aromatic nitrogens is 5. The minimum Gasteiger partial charge on any atom is -0.439 e. The molecule has 0 saturated carbocycles. The van der Waals surface area contributed by atoms with Crippen LogP contribution in [0.5, 0.6) is 11.6 Å². The van der Waals surface area contributed by atoms with Gasteiger partial charge in [-0.3, -0.25) is 9.88 Å². The Kier molecular flexibility index (Phi) is 5.10. The second-order valence-corrected chi connectivity index (χ2v) is 8.24. The number of carbonyl (C=O) groups is 1. The summed E-state index contributed by atoms with van der Waals surface area (Å²) >= 11 is 0. The number of anilines is 1. The number of nitrogens with one attached hydrogen (secondary N) is 3. The zero-order valence-corrected chi connectivity index (χ0v) is 18.3. The lowest BCUT2D eigenvalue weighted by molar-refractivity contribution is -0.772. The molecule has 0 aliphatic carbocycles. The van der Waals surface area contributed by atoms with Gasteiger partial charge in [-0.1, -0.05) is 0 Å². The number of benzene rings is 1. The molecule has 0 atom stereocenters. The molecular weight excluding hydrogens is 406 g/mol. The monoisotopic (exact) mass is 432 g/mol. The minimum absolute atomic E-state index is 0.233. The molecule has 3 aromatic heterocycles. The molecule has 3 N–H and O–H groups in total. The van der Waals surface area contributed by atoms with E-state index in [0.29, 0.717) is 17.4 Å². The van der Waals surface area contributed by atoms with E-state index in [9.17, 15) is 4.79 Å². The fraction of sp³-hybridized carbons (Fsp3) is 0.304. The van der Waals surface area contributed by atoms with E-state index in [1.807, 2.05) is 41.9 Å². The molecular formula is C23H26N7O2+. The second kappa shape index (κ2) is 8.08. The molecule has 1 aromatic carbocycles. The molecule has 164 valence electrons. The van der Waals surface area contributed by atoms with Crippen molar-refractivity contribution < 1.29 is 14.2 Å². The molecule has 4 aromatic rings. The third kappa shape index (κ3) is 3.71. The van der Waals surface area contributed by atoms with Crippen LogP contribution in [0.4, 0.5) is 10.6 Å². The lowest BCUT2D eigenvalue weighted by atomic mass is 10.1. The number of hydrogen-bond donors (Lipinski definition) is 3. The average molecular weight is 433 g/mol. The van der Waals surface area contributed by atoms with Crippen LogP contribution in [0.1, 0.15) is 36.8 Å². The number of hydrogen-bond acceptors (Lipinski definition) is 5. The largest absolute Gasteiger partial charge is 0.439 e. The first-order chi connectivity index (χ1) is 15.5. The highest BCUT2D eigenvalue weighted by molar-refractivity contribution is 5.98. The summed E-state index contributed by atoms with van der Waals surface area (Å²) in [5.74, 6) is 1.92. The number of fused-ring (bicyclic) bond motifs is 2. The van der Waals surface area contributed by atoms with Gasteiger partial charge in [-0.2, -0.15) is 0 Å². The van der Waals surface area contributed by atoms with Crippen molar-refractivity contribution in [1.29, 1.82) is 0 Å². The summed E-state index contributed by atoms with van der Waals surface area (Å²) in [6.07, 6.45) is 4.12. The summed E-state index contributed by atoms with van der Waals surface area (Å²) in [5.41, 5.74) is 3.87. The molecule has 9 nitrogen and oxygen atoms in total. The van der Waals surface area contributed by atoms with Crippen LogP contribution in [0.25, 0.3) is 10.9 Å². The Morgan fingerprint density at radius 2 is 2.12 bits per heavy atom. The van der Waals surface area contributed by atoms with Crippen LogP contribution >= 0.6 is 0 Å². The van der Waals surface area contributed by atoms with Crippen molar-refractivity contribution in [3.05, 3.63) is 59.8 Å². The lowest BCUT2D eigenvalue weighted by Crippen LogP contribution is -2.40. The van der Waals surface area contributed by atoms with Crippen LogP contribution in [0.2, 0.25) is 0 Å². The van der Waals surface area contributed by atoms with E-state index in [0.717, 1.165) is 47.4 Å². The fourth-order valence-corrected chi connectivity index (χ4v) is 4.12. The Bertz CT molecular complexity index is 1310. The highest BCUT2D eigenvalue weighted by Crippen LogP contribution is 2.29. The summed E-state index contributed by atoms with van der Waals surface area (Å²) in [7, 11) is 0. The molecule has 9 heteroatoms. The van der Waals surface area contributed by atoms with Crippen molar-refractivity contribution in [3.63, 3.8) is 0 Å². The van der Waals surface area contributed by atoms with E-state index >= 15 is 0 Å². The molecule has 0 spiro atoms. The maximum atomic E-state index is 12.9.